The molecule has 0 aliphatic heterocycles. The molecule has 1 aromatic rings. The van der Waals surface area contributed by atoms with Crippen molar-refractivity contribution >= 4 is 0 Å². The SMILES string of the molecule is CCCCO.NCc1ccccc1. The van der Waals surface area contributed by atoms with E-state index in [1.54, 1.807) is 0 Å². The first kappa shape index (κ1) is 12.1. The summed E-state index contributed by atoms with van der Waals surface area (Å²) in [6, 6.07) is 9.99. The van der Waals surface area contributed by atoms with Gasteiger partial charge in [0.05, 0.1) is 0 Å². The molecule has 0 bridgehead atoms. The summed E-state index contributed by atoms with van der Waals surface area (Å²) in [7, 11) is 0. The minimum Gasteiger partial charge on any atom is -0.396 e. The summed E-state index contributed by atoms with van der Waals surface area (Å²) < 4.78 is 0. The van der Waals surface area contributed by atoms with Crippen LogP contribution in [0.4, 0.5) is 0 Å². The molecule has 0 saturated carbocycles. The van der Waals surface area contributed by atoms with E-state index in [9.17, 15) is 0 Å². The van der Waals surface area contributed by atoms with E-state index >= 15 is 0 Å². The zero-order valence-corrected chi connectivity index (χ0v) is 8.24. The lowest BCUT2D eigenvalue weighted by molar-refractivity contribution is 0.287. The van der Waals surface area contributed by atoms with Gasteiger partial charge in [-0.25, -0.2) is 0 Å². The van der Waals surface area contributed by atoms with E-state index < -0.39 is 0 Å². The summed E-state index contributed by atoms with van der Waals surface area (Å²) in [6.07, 6.45) is 2.04. The van der Waals surface area contributed by atoms with Gasteiger partial charge in [-0.1, -0.05) is 43.7 Å². The van der Waals surface area contributed by atoms with Crippen LogP contribution in [0.3, 0.4) is 0 Å². The molecule has 0 aliphatic rings. The first-order chi connectivity index (χ1) is 6.35. The minimum atomic E-state index is 0.344. The average molecular weight is 181 g/mol. The number of aliphatic hydroxyl groups excluding tert-OH is 1. The van der Waals surface area contributed by atoms with Gasteiger partial charge in [0.15, 0.2) is 0 Å². The second-order valence-electron chi connectivity index (χ2n) is 2.77. The van der Waals surface area contributed by atoms with Crippen molar-refractivity contribution in [1.82, 2.24) is 0 Å². The minimum absolute atomic E-state index is 0.344. The zero-order chi connectivity index (χ0) is 9.94. The van der Waals surface area contributed by atoms with Crippen LogP contribution in [0.25, 0.3) is 0 Å². The summed E-state index contributed by atoms with van der Waals surface area (Å²) in [6.45, 7) is 3.04. The van der Waals surface area contributed by atoms with Gasteiger partial charge in [0.1, 0.15) is 0 Å². The maximum atomic E-state index is 8.07. The summed E-state index contributed by atoms with van der Waals surface area (Å²) in [5, 5.41) is 8.07. The first-order valence-electron chi connectivity index (χ1n) is 4.70. The molecular formula is C11H19NO. The van der Waals surface area contributed by atoms with Crippen molar-refractivity contribution in [2.45, 2.75) is 26.3 Å². The van der Waals surface area contributed by atoms with Crippen LogP contribution in [0.1, 0.15) is 25.3 Å². The van der Waals surface area contributed by atoms with Crippen LogP contribution < -0.4 is 5.73 Å². The molecule has 0 atom stereocenters. The van der Waals surface area contributed by atoms with E-state index in [2.05, 4.69) is 6.92 Å². The number of unbranched alkanes of at least 4 members (excludes halogenated alkanes) is 1. The number of hydrogen-bond acceptors (Lipinski definition) is 2. The standard InChI is InChI=1S/C7H9N.C4H10O/c8-6-7-4-2-1-3-5-7;1-2-3-4-5/h1-5H,6,8H2;5H,2-4H2,1H3. The van der Waals surface area contributed by atoms with Crippen molar-refractivity contribution in [3.8, 4) is 0 Å². The highest BCUT2D eigenvalue weighted by atomic mass is 16.2. The number of hydrogen-bond donors (Lipinski definition) is 2. The molecule has 0 aromatic heterocycles. The van der Waals surface area contributed by atoms with E-state index in [4.69, 9.17) is 10.8 Å². The molecular weight excluding hydrogens is 162 g/mol. The monoisotopic (exact) mass is 181 g/mol. The van der Waals surface area contributed by atoms with E-state index in [0.29, 0.717) is 13.2 Å². The molecule has 0 fully saturated rings. The first-order valence-corrected chi connectivity index (χ1v) is 4.70. The lowest BCUT2D eigenvalue weighted by atomic mass is 10.2. The molecule has 3 N–H and O–H groups in total. The number of aliphatic hydroxyl groups is 1. The van der Waals surface area contributed by atoms with Gasteiger partial charge >= 0.3 is 0 Å². The van der Waals surface area contributed by atoms with Crippen LogP contribution in [-0.2, 0) is 6.54 Å². The van der Waals surface area contributed by atoms with Gasteiger partial charge in [-0.05, 0) is 12.0 Å². The molecule has 2 nitrogen and oxygen atoms in total. The summed E-state index contributed by atoms with van der Waals surface area (Å²) in [4.78, 5) is 0. The lowest BCUT2D eigenvalue weighted by Crippen LogP contribution is -1.94. The Morgan fingerprint density at radius 2 is 1.85 bits per heavy atom. The maximum absolute atomic E-state index is 8.07. The number of nitrogens with two attached hydrogens (primary N) is 1. The Morgan fingerprint density at radius 1 is 1.23 bits per heavy atom. The molecule has 0 heterocycles. The molecule has 0 aliphatic carbocycles. The lowest BCUT2D eigenvalue weighted by Gasteiger charge is -1.90. The van der Waals surface area contributed by atoms with Crippen molar-refractivity contribution in [2.24, 2.45) is 5.73 Å². The molecule has 0 saturated heterocycles. The van der Waals surface area contributed by atoms with Crippen LogP contribution in [0.5, 0.6) is 0 Å². The van der Waals surface area contributed by atoms with E-state index in [1.807, 2.05) is 30.3 Å². The molecule has 2 heteroatoms. The molecule has 1 rings (SSSR count). The van der Waals surface area contributed by atoms with Crippen molar-refractivity contribution in [2.75, 3.05) is 6.61 Å². The molecule has 74 valence electrons. The van der Waals surface area contributed by atoms with Crippen LogP contribution in [-0.4, -0.2) is 11.7 Å². The number of benzene rings is 1. The van der Waals surface area contributed by atoms with Gasteiger partial charge in [0.2, 0.25) is 0 Å². The zero-order valence-electron chi connectivity index (χ0n) is 8.24. The molecule has 0 radical (unpaired) electrons. The third kappa shape index (κ3) is 7.50. The Kier molecular flexibility index (Phi) is 8.62. The van der Waals surface area contributed by atoms with E-state index in [0.717, 1.165) is 12.8 Å². The highest BCUT2D eigenvalue weighted by molar-refractivity contribution is 5.13. The van der Waals surface area contributed by atoms with E-state index in [-0.39, 0.29) is 0 Å². The fraction of sp³-hybridized carbons (Fsp3) is 0.455. The molecule has 1 aromatic carbocycles. The molecule has 0 amide bonds. The third-order valence-corrected chi connectivity index (χ3v) is 1.59. The largest absolute Gasteiger partial charge is 0.396 e. The maximum Gasteiger partial charge on any atom is 0.0430 e. The van der Waals surface area contributed by atoms with Crippen LogP contribution >= 0.6 is 0 Å². The van der Waals surface area contributed by atoms with Crippen molar-refractivity contribution in [3.05, 3.63) is 35.9 Å². The quantitative estimate of drug-likeness (QED) is 0.748. The Balaban J connectivity index is 0.000000252. The van der Waals surface area contributed by atoms with Crippen molar-refractivity contribution in [3.63, 3.8) is 0 Å². The Bertz CT molecular complexity index is 185. The summed E-state index contributed by atoms with van der Waals surface area (Å²) >= 11 is 0. The van der Waals surface area contributed by atoms with Gasteiger partial charge in [0, 0.05) is 13.2 Å². The van der Waals surface area contributed by atoms with Gasteiger partial charge < -0.3 is 10.8 Å². The fourth-order valence-corrected chi connectivity index (χ4v) is 0.772. The van der Waals surface area contributed by atoms with Gasteiger partial charge in [-0.15, -0.1) is 0 Å². The third-order valence-electron chi connectivity index (χ3n) is 1.59. The summed E-state index contributed by atoms with van der Waals surface area (Å²) in [5.41, 5.74) is 6.54. The van der Waals surface area contributed by atoms with Crippen LogP contribution in [0.2, 0.25) is 0 Å². The highest BCUT2D eigenvalue weighted by Crippen LogP contribution is 1.94. The normalized spacial score (nSPS) is 8.85. The Morgan fingerprint density at radius 3 is 2.08 bits per heavy atom. The predicted molar refractivity (Wildman–Crippen MR) is 56.3 cm³/mol. The number of rotatable bonds is 3. The van der Waals surface area contributed by atoms with Crippen molar-refractivity contribution < 1.29 is 5.11 Å². The van der Waals surface area contributed by atoms with Gasteiger partial charge in [-0.2, -0.15) is 0 Å². The van der Waals surface area contributed by atoms with Gasteiger partial charge in [-0.3, -0.25) is 0 Å². The second-order valence-corrected chi connectivity index (χ2v) is 2.77. The molecule has 0 spiro atoms. The second kappa shape index (κ2) is 9.23. The Hall–Kier alpha value is -0.860. The molecule has 0 unspecified atom stereocenters. The fourth-order valence-electron chi connectivity index (χ4n) is 0.772. The predicted octanol–water partition coefficient (Wildman–Crippen LogP) is 1.92. The van der Waals surface area contributed by atoms with Crippen LogP contribution in [0.15, 0.2) is 30.3 Å². The average Bonchev–Trinajstić information content (AvgIpc) is 2.21. The molecule has 13 heavy (non-hydrogen) atoms. The topological polar surface area (TPSA) is 46.2 Å². The highest BCUT2D eigenvalue weighted by Gasteiger charge is 1.80. The van der Waals surface area contributed by atoms with Crippen LogP contribution in [0, 0.1) is 0 Å². The van der Waals surface area contributed by atoms with E-state index in [1.165, 1.54) is 5.56 Å². The smallest absolute Gasteiger partial charge is 0.0430 e. The summed E-state index contributed by atoms with van der Waals surface area (Å²) in [5.74, 6) is 0. The van der Waals surface area contributed by atoms with Crippen molar-refractivity contribution in [1.29, 1.82) is 0 Å². The van der Waals surface area contributed by atoms with Gasteiger partial charge in [0.25, 0.3) is 0 Å². The Labute approximate surface area is 80.4 Å².